The van der Waals surface area contributed by atoms with E-state index in [1.807, 2.05) is 0 Å². The molecule has 0 aliphatic carbocycles. The monoisotopic (exact) mass is 324 g/mol. The van der Waals surface area contributed by atoms with Gasteiger partial charge in [0.2, 0.25) is 11.8 Å². The molecule has 1 aliphatic rings. The van der Waals surface area contributed by atoms with Gasteiger partial charge in [0.05, 0.1) is 0 Å². The Morgan fingerprint density at radius 1 is 1.39 bits per heavy atom. The molecule has 23 heavy (non-hydrogen) atoms. The summed E-state index contributed by atoms with van der Waals surface area (Å²) in [6.07, 6.45) is 2.56. The molecule has 0 saturated carbocycles. The molecule has 5 nitrogen and oxygen atoms in total. The molecule has 1 heterocycles. The molecule has 1 unspecified atom stereocenters. The molecule has 1 fully saturated rings. The Morgan fingerprint density at radius 2 is 2.09 bits per heavy atom. The molecule has 1 saturated heterocycles. The van der Waals surface area contributed by atoms with Crippen LogP contribution in [-0.4, -0.2) is 35.9 Å². The van der Waals surface area contributed by atoms with Gasteiger partial charge >= 0.3 is 6.61 Å². The number of nitrogens with two attached hydrogens (primary N) is 1. The number of nitrogens with zero attached hydrogens (tertiary/aromatic N) is 1. The summed E-state index contributed by atoms with van der Waals surface area (Å²) in [6.45, 7) is -0.871. The first-order chi connectivity index (χ1) is 10.9. The van der Waals surface area contributed by atoms with Crippen molar-refractivity contribution in [3.05, 3.63) is 35.9 Å². The van der Waals surface area contributed by atoms with E-state index in [-0.39, 0.29) is 11.7 Å². The van der Waals surface area contributed by atoms with Gasteiger partial charge in [-0.2, -0.15) is 8.78 Å². The third-order valence-corrected chi connectivity index (χ3v) is 3.73. The molecule has 124 valence electrons. The van der Waals surface area contributed by atoms with E-state index in [1.165, 1.54) is 17.0 Å². The van der Waals surface area contributed by atoms with Crippen molar-refractivity contribution in [3.8, 4) is 5.75 Å². The SMILES string of the molecule is C/C(=C/C(=O)N1CCCC1C(N)=O)c1ccccc1OC(F)F. The largest absolute Gasteiger partial charge is 0.434 e. The van der Waals surface area contributed by atoms with Gasteiger partial charge in [-0.25, -0.2) is 0 Å². The molecule has 1 aromatic carbocycles. The maximum absolute atomic E-state index is 12.4. The fourth-order valence-electron chi connectivity index (χ4n) is 2.66. The molecule has 1 aliphatic heterocycles. The molecule has 7 heteroatoms. The van der Waals surface area contributed by atoms with Crippen molar-refractivity contribution in [3.63, 3.8) is 0 Å². The predicted octanol–water partition coefficient (Wildman–Crippen LogP) is 2.17. The first kappa shape index (κ1) is 16.9. The van der Waals surface area contributed by atoms with Crippen LogP contribution in [0, 0.1) is 0 Å². The number of hydrogen-bond donors (Lipinski definition) is 1. The van der Waals surface area contributed by atoms with Crippen LogP contribution in [0.2, 0.25) is 0 Å². The molecule has 2 N–H and O–H groups in total. The number of ether oxygens (including phenoxy) is 1. The number of primary amides is 1. The van der Waals surface area contributed by atoms with Crippen molar-refractivity contribution in [2.45, 2.75) is 32.4 Å². The molecule has 0 radical (unpaired) electrons. The fraction of sp³-hybridized carbons (Fsp3) is 0.375. The van der Waals surface area contributed by atoms with E-state index in [0.717, 1.165) is 0 Å². The van der Waals surface area contributed by atoms with Crippen molar-refractivity contribution in [1.29, 1.82) is 0 Å². The number of likely N-dealkylation sites (tertiary alicyclic amines) is 1. The number of halogens is 2. The Kier molecular flexibility index (Phi) is 5.31. The predicted molar refractivity (Wildman–Crippen MR) is 80.7 cm³/mol. The molecule has 1 aromatic rings. The van der Waals surface area contributed by atoms with Crippen molar-refractivity contribution in [2.24, 2.45) is 5.73 Å². The maximum atomic E-state index is 12.4. The van der Waals surface area contributed by atoms with Gasteiger partial charge in [0.15, 0.2) is 0 Å². The second-order valence-electron chi connectivity index (χ2n) is 5.29. The second-order valence-corrected chi connectivity index (χ2v) is 5.29. The van der Waals surface area contributed by atoms with E-state index in [9.17, 15) is 18.4 Å². The van der Waals surface area contributed by atoms with Crippen LogP contribution in [0.4, 0.5) is 8.78 Å². The average Bonchev–Trinajstić information content (AvgIpc) is 2.96. The Hall–Kier alpha value is -2.44. The van der Waals surface area contributed by atoms with Gasteiger partial charge in [-0.1, -0.05) is 18.2 Å². The van der Waals surface area contributed by atoms with Gasteiger partial charge in [0, 0.05) is 18.2 Å². The first-order valence-electron chi connectivity index (χ1n) is 7.22. The molecule has 2 amide bonds. The van der Waals surface area contributed by atoms with Crippen LogP contribution in [0.5, 0.6) is 5.75 Å². The molecule has 2 rings (SSSR count). The lowest BCUT2D eigenvalue weighted by Gasteiger charge is -2.21. The van der Waals surface area contributed by atoms with E-state index in [1.54, 1.807) is 25.1 Å². The number of carbonyl (C=O) groups excluding carboxylic acids is 2. The summed E-state index contributed by atoms with van der Waals surface area (Å²) in [6, 6.07) is 5.62. The number of alkyl halides is 2. The summed E-state index contributed by atoms with van der Waals surface area (Å²) in [5.74, 6) is -0.907. The summed E-state index contributed by atoms with van der Waals surface area (Å²) >= 11 is 0. The first-order valence-corrected chi connectivity index (χ1v) is 7.22. The summed E-state index contributed by atoms with van der Waals surface area (Å²) < 4.78 is 29.3. The summed E-state index contributed by atoms with van der Waals surface area (Å²) in [4.78, 5) is 25.1. The lowest BCUT2D eigenvalue weighted by Crippen LogP contribution is -2.43. The van der Waals surface area contributed by atoms with Crippen LogP contribution >= 0.6 is 0 Å². The molecule has 0 spiro atoms. The van der Waals surface area contributed by atoms with E-state index < -0.39 is 18.6 Å². The normalized spacial score (nSPS) is 18.3. The average molecular weight is 324 g/mol. The third-order valence-electron chi connectivity index (χ3n) is 3.73. The minimum atomic E-state index is -2.95. The standard InChI is InChI=1S/C16H18F2N2O3/c1-10(11-5-2-3-7-13(11)23-16(17)18)9-14(21)20-8-4-6-12(20)15(19)22/h2-3,5,7,9,12,16H,4,6,8H2,1H3,(H2,19,22)/b10-9-. The summed E-state index contributed by atoms with van der Waals surface area (Å²) in [7, 11) is 0. The van der Waals surface area contributed by atoms with Gasteiger partial charge < -0.3 is 15.4 Å². The zero-order valence-corrected chi connectivity index (χ0v) is 12.7. The van der Waals surface area contributed by atoms with Crippen LogP contribution in [0.3, 0.4) is 0 Å². The van der Waals surface area contributed by atoms with Crippen LogP contribution < -0.4 is 10.5 Å². The molecule has 0 aromatic heterocycles. The molecular weight excluding hydrogens is 306 g/mol. The molecule has 1 atom stereocenters. The highest BCUT2D eigenvalue weighted by atomic mass is 19.3. The number of hydrogen-bond acceptors (Lipinski definition) is 3. The quantitative estimate of drug-likeness (QED) is 0.844. The van der Waals surface area contributed by atoms with Crippen molar-refractivity contribution in [1.82, 2.24) is 4.90 Å². The van der Waals surface area contributed by atoms with E-state index in [4.69, 9.17) is 5.73 Å². The molecule has 0 bridgehead atoms. The van der Waals surface area contributed by atoms with E-state index in [0.29, 0.717) is 30.5 Å². The maximum Gasteiger partial charge on any atom is 0.387 e. The van der Waals surface area contributed by atoms with Gasteiger partial charge in [-0.3, -0.25) is 9.59 Å². The van der Waals surface area contributed by atoms with Crippen LogP contribution in [-0.2, 0) is 9.59 Å². The third kappa shape index (κ3) is 4.06. The van der Waals surface area contributed by atoms with Crippen molar-refractivity contribution >= 4 is 17.4 Å². The lowest BCUT2D eigenvalue weighted by atomic mass is 10.1. The van der Waals surface area contributed by atoms with Gasteiger partial charge in [0.25, 0.3) is 0 Å². The van der Waals surface area contributed by atoms with Gasteiger partial charge in [0.1, 0.15) is 11.8 Å². The number of para-hydroxylation sites is 1. The van der Waals surface area contributed by atoms with Crippen LogP contribution in [0.25, 0.3) is 5.57 Å². The summed E-state index contributed by atoms with van der Waals surface area (Å²) in [5, 5.41) is 0. The highest BCUT2D eigenvalue weighted by Crippen LogP contribution is 2.27. The lowest BCUT2D eigenvalue weighted by molar-refractivity contribution is -0.133. The highest BCUT2D eigenvalue weighted by Gasteiger charge is 2.31. The minimum absolute atomic E-state index is 0.00285. The zero-order valence-electron chi connectivity index (χ0n) is 12.7. The van der Waals surface area contributed by atoms with Crippen LogP contribution in [0.1, 0.15) is 25.3 Å². The second kappa shape index (κ2) is 7.21. The fourth-order valence-corrected chi connectivity index (χ4v) is 2.66. The number of allylic oxidation sites excluding steroid dienone is 1. The Bertz CT molecular complexity index is 632. The smallest absolute Gasteiger partial charge is 0.387 e. The minimum Gasteiger partial charge on any atom is -0.434 e. The summed E-state index contributed by atoms with van der Waals surface area (Å²) in [5.41, 5.74) is 6.16. The Labute approximate surface area is 132 Å². The van der Waals surface area contributed by atoms with Gasteiger partial charge in [-0.05, 0) is 31.4 Å². The topological polar surface area (TPSA) is 72.6 Å². The number of rotatable bonds is 5. The Morgan fingerprint density at radius 3 is 2.74 bits per heavy atom. The zero-order chi connectivity index (χ0) is 17.0. The van der Waals surface area contributed by atoms with Crippen molar-refractivity contribution in [2.75, 3.05) is 6.54 Å². The van der Waals surface area contributed by atoms with Crippen molar-refractivity contribution < 1.29 is 23.1 Å². The molecular formula is C16H18F2N2O3. The number of benzene rings is 1. The highest BCUT2D eigenvalue weighted by molar-refractivity contribution is 5.98. The number of amides is 2. The van der Waals surface area contributed by atoms with Crippen LogP contribution in [0.15, 0.2) is 30.3 Å². The van der Waals surface area contributed by atoms with E-state index in [2.05, 4.69) is 4.74 Å². The number of carbonyl (C=O) groups is 2. The van der Waals surface area contributed by atoms with Gasteiger partial charge in [-0.15, -0.1) is 0 Å². The Balaban J connectivity index is 2.22. The van der Waals surface area contributed by atoms with E-state index >= 15 is 0 Å².